The molecule has 0 radical (unpaired) electrons. The average Bonchev–Trinajstić information content (AvgIpc) is 3.18. The average molecular weight is 776 g/mol. The molecule has 0 aliphatic rings. The van der Waals surface area contributed by atoms with E-state index in [0.717, 1.165) is 64.2 Å². The number of carbonyl (C=O) groups is 2. The predicted molar refractivity (Wildman–Crippen MR) is 236 cm³/mol. The minimum atomic E-state index is -0.785. The number of allylic oxidation sites excluding steroid dienone is 4. The summed E-state index contributed by atoms with van der Waals surface area (Å²) in [7, 11) is 0. The third-order valence-corrected chi connectivity index (χ3v) is 11.1. The molecule has 0 aromatic rings. The number of unbranched alkanes of at least 4 members (excludes halogenated alkanes) is 28. The number of aliphatic hydroxyl groups excluding tert-OH is 2. The van der Waals surface area contributed by atoms with E-state index in [-0.39, 0.29) is 24.9 Å². The zero-order valence-electron chi connectivity index (χ0n) is 36.8. The van der Waals surface area contributed by atoms with Gasteiger partial charge in [-0.2, -0.15) is 0 Å². The van der Waals surface area contributed by atoms with Gasteiger partial charge in [0, 0.05) is 6.42 Å². The topological polar surface area (TPSA) is 95.9 Å². The molecule has 0 aromatic heterocycles. The highest BCUT2D eigenvalue weighted by Crippen LogP contribution is 2.18. The van der Waals surface area contributed by atoms with Crippen molar-refractivity contribution in [3.8, 4) is 0 Å². The van der Waals surface area contributed by atoms with Crippen molar-refractivity contribution in [1.82, 2.24) is 5.32 Å². The quantitative estimate of drug-likeness (QED) is 0.0326. The van der Waals surface area contributed by atoms with Crippen LogP contribution < -0.4 is 5.32 Å². The molecule has 6 nitrogen and oxygen atoms in total. The second kappa shape index (κ2) is 43.5. The smallest absolute Gasteiger partial charge is 0.306 e. The van der Waals surface area contributed by atoms with Crippen LogP contribution in [0.1, 0.15) is 252 Å². The first-order valence-corrected chi connectivity index (χ1v) is 24.1. The maximum absolute atomic E-state index is 13.1. The highest BCUT2D eigenvalue weighted by molar-refractivity contribution is 5.77. The van der Waals surface area contributed by atoms with E-state index in [4.69, 9.17) is 4.74 Å². The zero-order chi connectivity index (χ0) is 40.3. The third kappa shape index (κ3) is 39.0. The van der Waals surface area contributed by atoms with Crippen molar-refractivity contribution in [1.29, 1.82) is 0 Å². The molecule has 3 N–H and O–H groups in total. The first-order chi connectivity index (χ1) is 27.0. The maximum Gasteiger partial charge on any atom is 0.306 e. The van der Waals surface area contributed by atoms with Crippen LogP contribution in [-0.2, 0) is 14.3 Å². The second-order valence-electron chi connectivity index (χ2n) is 16.5. The third-order valence-electron chi connectivity index (χ3n) is 11.1. The number of ether oxygens (including phenoxy) is 1. The van der Waals surface area contributed by atoms with Gasteiger partial charge in [-0.25, -0.2) is 0 Å². The Morgan fingerprint density at radius 2 is 0.909 bits per heavy atom. The number of aliphatic hydroxyl groups is 2. The monoisotopic (exact) mass is 776 g/mol. The first-order valence-electron chi connectivity index (χ1n) is 24.1. The molecule has 324 valence electrons. The largest absolute Gasteiger partial charge is 0.462 e. The SMILES string of the molecule is CCCCCCCCC/C=C/C=C/CCCCCC(=O)OC(CCCCCCCCCCCCC)CC(=O)NC(CO)C(O)CCCCCCCCCCC. The number of esters is 1. The van der Waals surface area contributed by atoms with Crippen molar-refractivity contribution in [3.63, 3.8) is 0 Å². The summed E-state index contributed by atoms with van der Waals surface area (Å²) in [6.45, 7) is 6.45. The van der Waals surface area contributed by atoms with Gasteiger partial charge in [0.25, 0.3) is 0 Å². The Labute approximate surface area is 341 Å². The van der Waals surface area contributed by atoms with Crippen molar-refractivity contribution in [2.75, 3.05) is 6.61 Å². The molecule has 0 aliphatic heterocycles. The van der Waals surface area contributed by atoms with Crippen LogP contribution in [0.25, 0.3) is 0 Å². The number of amides is 1. The van der Waals surface area contributed by atoms with Gasteiger partial charge in [-0.05, 0) is 51.4 Å². The molecule has 3 unspecified atom stereocenters. The highest BCUT2D eigenvalue weighted by Gasteiger charge is 2.24. The van der Waals surface area contributed by atoms with E-state index in [2.05, 4.69) is 50.4 Å². The first kappa shape index (κ1) is 53.3. The fourth-order valence-corrected chi connectivity index (χ4v) is 7.36. The van der Waals surface area contributed by atoms with E-state index < -0.39 is 18.2 Å². The van der Waals surface area contributed by atoms with Gasteiger partial charge in [-0.1, -0.05) is 212 Å². The Morgan fingerprint density at radius 1 is 0.527 bits per heavy atom. The van der Waals surface area contributed by atoms with Gasteiger partial charge in [0.15, 0.2) is 0 Å². The number of hydrogen-bond donors (Lipinski definition) is 3. The Morgan fingerprint density at radius 3 is 1.35 bits per heavy atom. The summed E-state index contributed by atoms with van der Waals surface area (Å²) in [6.07, 6.45) is 48.1. The molecule has 3 atom stereocenters. The minimum Gasteiger partial charge on any atom is -0.462 e. The summed E-state index contributed by atoms with van der Waals surface area (Å²) in [5.41, 5.74) is 0. The summed E-state index contributed by atoms with van der Waals surface area (Å²) in [5, 5.41) is 23.6. The molecule has 6 heteroatoms. The van der Waals surface area contributed by atoms with Crippen molar-refractivity contribution in [3.05, 3.63) is 24.3 Å². The summed E-state index contributed by atoms with van der Waals surface area (Å²) >= 11 is 0. The lowest BCUT2D eigenvalue weighted by Crippen LogP contribution is -2.46. The fourth-order valence-electron chi connectivity index (χ4n) is 7.36. The highest BCUT2D eigenvalue weighted by atomic mass is 16.5. The van der Waals surface area contributed by atoms with E-state index in [1.165, 1.54) is 141 Å². The van der Waals surface area contributed by atoms with E-state index in [0.29, 0.717) is 19.3 Å². The van der Waals surface area contributed by atoms with Crippen LogP contribution in [0, 0.1) is 0 Å². The van der Waals surface area contributed by atoms with Crippen LogP contribution in [0.3, 0.4) is 0 Å². The molecule has 0 heterocycles. The van der Waals surface area contributed by atoms with Crippen LogP contribution in [0.5, 0.6) is 0 Å². The van der Waals surface area contributed by atoms with Crippen molar-refractivity contribution in [2.24, 2.45) is 0 Å². The summed E-state index contributed by atoms with van der Waals surface area (Å²) < 4.78 is 5.90. The lowest BCUT2D eigenvalue weighted by Gasteiger charge is -2.24. The minimum absolute atomic E-state index is 0.0715. The van der Waals surface area contributed by atoms with Gasteiger partial charge < -0.3 is 20.3 Å². The molecule has 0 aliphatic carbocycles. The molecule has 55 heavy (non-hydrogen) atoms. The Kier molecular flexibility index (Phi) is 42.2. The van der Waals surface area contributed by atoms with E-state index in [1.54, 1.807) is 0 Å². The molecule has 0 saturated heterocycles. The molecular formula is C49H93NO5. The van der Waals surface area contributed by atoms with Crippen molar-refractivity contribution >= 4 is 11.9 Å². The fraction of sp³-hybridized carbons (Fsp3) is 0.878. The lowest BCUT2D eigenvalue weighted by atomic mass is 10.0. The van der Waals surface area contributed by atoms with Gasteiger partial charge in [-0.3, -0.25) is 9.59 Å². The Hall–Kier alpha value is -1.66. The predicted octanol–water partition coefficient (Wildman–Crippen LogP) is 14.0. The standard InChI is InChI=1S/C49H93NO5/c1-4-7-10-13-16-19-21-22-23-24-25-27-30-33-36-39-42-49(54)55-45(40-37-34-31-29-26-20-17-14-11-8-5-2)43-48(53)50-46(44-51)47(52)41-38-35-32-28-18-15-12-9-6-3/h23-25,27,45-47,51-52H,4-22,26,28-44H2,1-3H3,(H,50,53)/b24-23+,27-25+. The molecule has 0 bridgehead atoms. The summed E-state index contributed by atoms with van der Waals surface area (Å²) in [4.78, 5) is 26.0. The van der Waals surface area contributed by atoms with Crippen molar-refractivity contribution < 1.29 is 24.5 Å². The molecule has 1 amide bonds. The van der Waals surface area contributed by atoms with E-state index in [1.807, 2.05) is 0 Å². The Balaban J connectivity index is 4.57. The van der Waals surface area contributed by atoms with Gasteiger partial charge in [-0.15, -0.1) is 0 Å². The maximum atomic E-state index is 13.1. The van der Waals surface area contributed by atoms with Crippen molar-refractivity contribution in [2.45, 2.75) is 270 Å². The van der Waals surface area contributed by atoms with Gasteiger partial charge in [0.1, 0.15) is 6.10 Å². The summed E-state index contributed by atoms with van der Waals surface area (Å²) in [5.74, 6) is -0.497. The summed E-state index contributed by atoms with van der Waals surface area (Å²) in [6, 6.07) is -0.700. The van der Waals surface area contributed by atoms with Crippen LogP contribution in [0.4, 0.5) is 0 Å². The van der Waals surface area contributed by atoms with E-state index >= 15 is 0 Å². The van der Waals surface area contributed by atoms with Gasteiger partial charge in [0.05, 0.1) is 25.2 Å². The molecule has 0 saturated carbocycles. The van der Waals surface area contributed by atoms with Crippen LogP contribution >= 0.6 is 0 Å². The van der Waals surface area contributed by atoms with E-state index in [9.17, 15) is 19.8 Å². The van der Waals surface area contributed by atoms with Gasteiger partial charge >= 0.3 is 5.97 Å². The normalized spacial score (nSPS) is 13.5. The number of carbonyl (C=O) groups excluding carboxylic acids is 2. The molecular weight excluding hydrogens is 683 g/mol. The van der Waals surface area contributed by atoms with Crippen LogP contribution in [0.15, 0.2) is 24.3 Å². The Bertz CT molecular complexity index is 873. The van der Waals surface area contributed by atoms with Crippen LogP contribution in [0.2, 0.25) is 0 Å². The zero-order valence-corrected chi connectivity index (χ0v) is 36.8. The molecule has 0 fully saturated rings. The molecule has 0 aromatic carbocycles. The van der Waals surface area contributed by atoms with Crippen LogP contribution in [-0.4, -0.2) is 46.9 Å². The molecule has 0 rings (SSSR count). The molecule has 0 spiro atoms. The number of nitrogens with one attached hydrogen (secondary N) is 1. The lowest BCUT2D eigenvalue weighted by molar-refractivity contribution is -0.151. The number of hydrogen-bond acceptors (Lipinski definition) is 5. The second-order valence-corrected chi connectivity index (χ2v) is 16.5. The van der Waals surface area contributed by atoms with Gasteiger partial charge in [0.2, 0.25) is 5.91 Å². The number of rotatable bonds is 43.